The van der Waals surface area contributed by atoms with Crippen molar-refractivity contribution in [3.63, 3.8) is 0 Å². The maximum atomic E-state index is 6.39. The van der Waals surface area contributed by atoms with Crippen LogP contribution in [0.15, 0.2) is 18.2 Å². The molecule has 1 heterocycles. The molecule has 1 aliphatic rings. The van der Waals surface area contributed by atoms with Crippen LogP contribution in [0.1, 0.15) is 42.0 Å². The van der Waals surface area contributed by atoms with Gasteiger partial charge in [0.25, 0.3) is 0 Å². The highest BCUT2D eigenvalue weighted by molar-refractivity contribution is 5.30. The number of aryl methyl sites for hydroxylation is 2. The normalized spacial score (nSPS) is 19.1. The Labute approximate surface area is 130 Å². The monoisotopic (exact) mass is 289 g/mol. The molecule has 3 nitrogen and oxygen atoms in total. The first-order valence-corrected chi connectivity index (χ1v) is 8.18. The third-order valence-electron chi connectivity index (χ3n) is 4.72. The van der Waals surface area contributed by atoms with E-state index in [2.05, 4.69) is 55.9 Å². The fourth-order valence-corrected chi connectivity index (χ4v) is 3.37. The molecule has 1 saturated heterocycles. The summed E-state index contributed by atoms with van der Waals surface area (Å²) < 4.78 is 0. The molecule has 0 aromatic heterocycles. The van der Waals surface area contributed by atoms with Crippen LogP contribution in [-0.4, -0.2) is 49.6 Å². The van der Waals surface area contributed by atoms with Crippen molar-refractivity contribution in [2.45, 2.75) is 45.2 Å². The van der Waals surface area contributed by atoms with E-state index < -0.39 is 0 Å². The zero-order chi connectivity index (χ0) is 15.4. The Morgan fingerprint density at radius 2 is 1.71 bits per heavy atom. The summed E-state index contributed by atoms with van der Waals surface area (Å²) in [4.78, 5) is 4.93. The summed E-state index contributed by atoms with van der Waals surface area (Å²) in [5, 5.41) is 0. The Hall–Kier alpha value is -0.900. The van der Waals surface area contributed by atoms with Crippen molar-refractivity contribution in [1.29, 1.82) is 0 Å². The molecule has 0 bridgehead atoms. The molecule has 3 heteroatoms. The Morgan fingerprint density at radius 1 is 1.14 bits per heavy atom. The Morgan fingerprint density at radius 3 is 2.24 bits per heavy atom. The highest BCUT2D eigenvalue weighted by atomic mass is 15.2. The average Bonchev–Trinajstić information content (AvgIpc) is 2.44. The number of rotatable bonds is 5. The number of piperidine rings is 1. The fraction of sp³-hybridized carbons (Fsp3) is 0.667. The number of likely N-dealkylation sites (tertiary alicyclic amines) is 1. The number of hydrogen-bond acceptors (Lipinski definition) is 3. The summed E-state index contributed by atoms with van der Waals surface area (Å²) in [5.74, 6) is 0. The van der Waals surface area contributed by atoms with Gasteiger partial charge in [-0.15, -0.1) is 0 Å². The van der Waals surface area contributed by atoms with Crippen LogP contribution in [0.3, 0.4) is 0 Å². The van der Waals surface area contributed by atoms with Gasteiger partial charge in [0.05, 0.1) is 0 Å². The molecule has 118 valence electrons. The Balaban J connectivity index is 1.80. The minimum absolute atomic E-state index is 0.162. The van der Waals surface area contributed by atoms with Crippen LogP contribution in [-0.2, 0) is 0 Å². The van der Waals surface area contributed by atoms with E-state index in [1.807, 2.05) is 0 Å². The topological polar surface area (TPSA) is 32.5 Å². The van der Waals surface area contributed by atoms with Gasteiger partial charge in [-0.25, -0.2) is 0 Å². The lowest BCUT2D eigenvalue weighted by molar-refractivity contribution is 0.142. The van der Waals surface area contributed by atoms with Crippen molar-refractivity contribution in [3.05, 3.63) is 34.9 Å². The van der Waals surface area contributed by atoms with Crippen molar-refractivity contribution in [2.24, 2.45) is 5.73 Å². The van der Waals surface area contributed by atoms with Crippen molar-refractivity contribution in [1.82, 2.24) is 9.80 Å². The zero-order valence-electron chi connectivity index (χ0n) is 14.1. The van der Waals surface area contributed by atoms with E-state index in [-0.39, 0.29) is 6.04 Å². The van der Waals surface area contributed by atoms with E-state index in [1.165, 1.54) is 42.6 Å². The molecular weight excluding hydrogens is 258 g/mol. The molecule has 21 heavy (non-hydrogen) atoms. The number of nitrogens with two attached hydrogens (primary N) is 1. The molecule has 0 saturated carbocycles. The Kier molecular flexibility index (Phi) is 5.80. The van der Waals surface area contributed by atoms with Crippen molar-refractivity contribution in [2.75, 3.05) is 33.7 Å². The van der Waals surface area contributed by atoms with E-state index in [9.17, 15) is 0 Å². The van der Waals surface area contributed by atoms with Crippen LogP contribution >= 0.6 is 0 Å². The second-order valence-corrected chi connectivity index (χ2v) is 6.85. The quantitative estimate of drug-likeness (QED) is 0.904. The van der Waals surface area contributed by atoms with Gasteiger partial charge in [0.1, 0.15) is 0 Å². The highest BCUT2D eigenvalue weighted by Crippen LogP contribution is 2.20. The van der Waals surface area contributed by atoms with Gasteiger partial charge in [-0.05, 0) is 72.4 Å². The smallest absolute Gasteiger partial charge is 0.0307 e. The number of benzene rings is 1. The summed E-state index contributed by atoms with van der Waals surface area (Å²) in [5.41, 5.74) is 10.3. The van der Waals surface area contributed by atoms with Crippen LogP contribution in [0.25, 0.3) is 0 Å². The second-order valence-electron chi connectivity index (χ2n) is 6.85. The molecule has 0 amide bonds. The van der Waals surface area contributed by atoms with Gasteiger partial charge in [-0.3, -0.25) is 0 Å². The minimum Gasteiger partial charge on any atom is -0.324 e. The van der Waals surface area contributed by atoms with Crippen LogP contribution in [0, 0.1) is 13.8 Å². The van der Waals surface area contributed by atoms with Crippen LogP contribution in [0.4, 0.5) is 0 Å². The molecule has 1 unspecified atom stereocenters. The molecule has 2 N–H and O–H groups in total. The van der Waals surface area contributed by atoms with Gasteiger partial charge in [0.2, 0.25) is 0 Å². The lowest BCUT2D eigenvalue weighted by atomic mass is 9.98. The first kappa shape index (κ1) is 16.5. The van der Waals surface area contributed by atoms with Gasteiger partial charge in [-0.2, -0.15) is 0 Å². The van der Waals surface area contributed by atoms with Crippen molar-refractivity contribution < 1.29 is 0 Å². The molecule has 1 atom stereocenters. The summed E-state index contributed by atoms with van der Waals surface area (Å²) in [6, 6.07) is 7.60. The van der Waals surface area contributed by atoms with Crippen molar-refractivity contribution in [3.8, 4) is 0 Å². The third-order valence-corrected chi connectivity index (χ3v) is 4.72. The SMILES string of the molecule is Cc1cc(C)cc(C(N)CCN2CCC(N(C)C)CC2)c1. The molecule has 1 aromatic carbocycles. The molecule has 1 fully saturated rings. The van der Waals surface area contributed by atoms with Crippen LogP contribution in [0.5, 0.6) is 0 Å². The maximum Gasteiger partial charge on any atom is 0.0307 e. The molecule has 2 rings (SSSR count). The highest BCUT2D eigenvalue weighted by Gasteiger charge is 2.20. The van der Waals surface area contributed by atoms with Gasteiger partial charge >= 0.3 is 0 Å². The first-order valence-electron chi connectivity index (χ1n) is 8.18. The third kappa shape index (κ3) is 4.80. The standard InChI is InChI=1S/C18H31N3/c1-14-11-15(2)13-16(12-14)18(19)7-10-21-8-5-17(6-9-21)20(3)4/h11-13,17-18H,5-10,19H2,1-4H3. The summed E-state index contributed by atoms with van der Waals surface area (Å²) in [6.45, 7) is 7.84. The largest absolute Gasteiger partial charge is 0.324 e. The lowest BCUT2D eigenvalue weighted by Gasteiger charge is -2.35. The van der Waals surface area contributed by atoms with Gasteiger partial charge in [-0.1, -0.05) is 29.3 Å². The molecule has 0 aliphatic carbocycles. The molecular formula is C18H31N3. The van der Waals surface area contributed by atoms with E-state index >= 15 is 0 Å². The minimum atomic E-state index is 0.162. The lowest BCUT2D eigenvalue weighted by Crippen LogP contribution is -2.42. The number of hydrogen-bond donors (Lipinski definition) is 1. The molecule has 0 radical (unpaired) electrons. The van der Waals surface area contributed by atoms with Crippen molar-refractivity contribution >= 4 is 0 Å². The average molecular weight is 289 g/mol. The van der Waals surface area contributed by atoms with Gasteiger partial charge in [0.15, 0.2) is 0 Å². The molecule has 1 aliphatic heterocycles. The second kappa shape index (κ2) is 7.39. The van der Waals surface area contributed by atoms with E-state index in [0.29, 0.717) is 0 Å². The molecule has 0 spiro atoms. The zero-order valence-corrected chi connectivity index (χ0v) is 14.1. The predicted octanol–water partition coefficient (Wildman–Crippen LogP) is 2.72. The predicted molar refractivity (Wildman–Crippen MR) is 90.6 cm³/mol. The Bertz CT molecular complexity index is 428. The van der Waals surface area contributed by atoms with E-state index in [4.69, 9.17) is 5.73 Å². The van der Waals surface area contributed by atoms with Crippen LogP contribution < -0.4 is 5.73 Å². The van der Waals surface area contributed by atoms with E-state index in [0.717, 1.165) is 19.0 Å². The van der Waals surface area contributed by atoms with Crippen LogP contribution in [0.2, 0.25) is 0 Å². The van der Waals surface area contributed by atoms with Gasteiger partial charge < -0.3 is 15.5 Å². The summed E-state index contributed by atoms with van der Waals surface area (Å²) in [7, 11) is 4.38. The maximum absolute atomic E-state index is 6.39. The van der Waals surface area contributed by atoms with Gasteiger partial charge in [0, 0.05) is 12.1 Å². The summed E-state index contributed by atoms with van der Waals surface area (Å²) >= 11 is 0. The fourth-order valence-electron chi connectivity index (χ4n) is 3.37. The molecule has 1 aromatic rings. The number of nitrogens with zero attached hydrogens (tertiary/aromatic N) is 2. The first-order chi connectivity index (χ1) is 9.95. The summed E-state index contributed by atoms with van der Waals surface area (Å²) in [6.07, 6.45) is 3.62. The van der Waals surface area contributed by atoms with E-state index in [1.54, 1.807) is 0 Å².